The van der Waals surface area contributed by atoms with Crippen molar-refractivity contribution in [1.29, 1.82) is 0 Å². The molecule has 10 N–H and O–H groups in total. The number of aliphatic carboxylic acids is 1. The van der Waals surface area contributed by atoms with Gasteiger partial charge in [-0.1, -0.05) is 60.7 Å². The predicted molar refractivity (Wildman–Crippen MR) is 185 cm³/mol. The second-order valence-corrected chi connectivity index (χ2v) is 14.0. The first-order valence-electron chi connectivity index (χ1n) is 16.1. The zero-order valence-electron chi connectivity index (χ0n) is 27.9. The fourth-order valence-electron chi connectivity index (χ4n) is 4.78. The molecule has 0 bridgehead atoms. The highest BCUT2D eigenvalue weighted by Gasteiger charge is 2.32. The number of amides is 5. The summed E-state index contributed by atoms with van der Waals surface area (Å²) in [5, 5.41) is 22.2. The lowest BCUT2D eigenvalue weighted by atomic mass is 10.0. The number of carbonyl (C=O) groups excluding carboxylic acids is 5. The quantitative estimate of drug-likeness (QED) is 0.0626. The highest BCUT2D eigenvalue weighted by Crippen LogP contribution is 2.09. The Bertz CT molecular complexity index is 1540. The number of carboxylic acids is 1. The molecular formula is C33H47N7O9S. The predicted octanol–water partition coefficient (Wildman–Crippen LogP) is -1.87. The van der Waals surface area contributed by atoms with E-state index in [1.807, 2.05) is 0 Å². The molecule has 0 heterocycles. The van der Waals surface area contributed by atoms with E-state index < -0.39 is 81.8 Å². The molecule has 0 unspecified atom stereocenters. The number of hydrogen-bond acceptors (Lipinski definition) is 10. The maximum atomic E-state index is 13.7. The van der Waals surface area contributed by atoms with Gasteiger partial charge in [0.25, 0.3) is 0 Å². The van der Waals surface area contributed by atoms with Gasteiger partial charge in [-0.3, -0.25) is 24.0 Å². The van der Waals surface area contributed by atoms with Gasteiger partial charge in [-0.2, -0.15) is 0 Å². The minimum Gasteiger partial charge on any atom is -0.480 e. The third-order valence-electron chi connectivity index (χ3n) is 7.45. The van der Waals surface area contributed by atoms with Gasteiger partial charge in [-0.25, -0.2) is 13.2 Å². The van der Waals surface area contributed by atoms with Crippen molar-refractivity contribution in [2.45, 2.75) is 62.7 Å². The third-order valence-corrected chi connectivity index (χ3v) is 8.43. The number of unbranched alkanes of at least 4 members (excludes halogenated alkanes) is 1. The summed E-state index contributed by atoms with van der Waals surface area (Å²) in [6.07, 6.45) is 1.48. The molecule has 16 nitrogen and oxygen atoms in total. The zero-order chi connectivity index (χ0) is 37.1. The number of rotatable bonds is 22. The molecule has 0 aliphatic carbocycles. The van der Waals surface area contributed by atoms with Crippen LogP contribution in [0.15, 0.2) is 60.7 Å². The number of nitrogens with one attached hydrogen (secondary N) is 5. The van der Waals surface area contributed by atoms with Gasteiger partial charge < -0.3 is 43.2 Å². The molecule has 0 radical (unpaired) electrons. The van der Waals surface area contributed by atoms with E-state index >= 15 is 0 Å². The van der Waals surface area contributed by atoms with E-state index in [-0.39, 0.29) is 32.2 Å². The van der Waals surface area contributed by atoms with Crippen molar-refractivity contribution >= 4 is 45.3 Å². The molecule has 2 aromatic carbocycles. The molecule has 2 rings (SSSR count). The van der Waals surface area contributed by atoms with Crippen LogP contribution in [0, 0.1) is 0 Å². The van der Waals surface area contributed by atoms with Gasteiger partial charge in [-0.05, 0) is 43.4 Å². The van der Waals surface area contributed by atoms with Crippen LogP contribution < -0.4 is 38.1 Å². The molecule has 2 aromatic rings. The second-order valence-electron chi connectivity index (χ2n) is 11.7. The topological polar surface area (TPSA) is 269 Å². The van der Waals surface area contributed by atoms with Crippen LogP contribution in [-0.2, 0) is 51.4 Å². The van der Waals surface area contributed by atoms with E-state index in [1.54, 1.807) is 60.7 Å². The van der Waals surface area contributed by atoms with Crippen molar-refractivity contribution in [2.75, 3.05) is 31.6 Å². The fraction of sp³-hybridized carbons (Fsp3) is 0.455. The molecule has 0 aliphatic rings. The Balaban J connectivity index is 2.31. The number of benzene rings is 2. The first-order chi connectivity index (χ1) is 23.7. The van der Waals surface area contributed by atoms with Crippen LogP contribution in [-0.4, -0.2) is 105 Å². The molecule has 274 valence electrons. The van der Waals surface area contributed by atoms with E-state index in [2.05, 4.69) is 26.6 Å². The summed E-state index contributed by atoms with van der Waals surface area (Å²) in [7, 11) is -3.62. The van der Waals surface area contributed by atoms with Crippen LogP contribution >= 0.6 is 0 Å². The summed E-state index contributed by atoms with van der Waals surface area (Å²) < 4.78 is 24.2. The van der Waals surface area contributed by atoms with Crippen LogP contribution in [0.25, 0.3) is 0 Å². The molecule has 0 saturated heterocycles. The number of hydrogen-bond donors (Lipinski definition) is 8. The molecule has 0 aromatic heterocycles. The minimum absolute atomic E-state index is 0.0220. The van der Waals surface area contributed by atoms with Gasteiger partial charge in [-0.15, -0.1) is 0 Å². The van der Waals surface area contributed by atoms with E-state index in [9.17, 15) is 42.3 Å². The Morgan fingerprint density at radius 1 is 0.660 bits per heavy atom. The number of carboxylic acid groups (broad SMARTS) is 1. The maximum Gasteiger partial charge on any atom is 0.326 e. The monoisotopic (exact) mass is 717 g/mol. The second kappa shape index (κ2) is 21.3. The molecule has 0 aliphatic heterocycles. The lowest BCUT2D eigenvalue weighted by molar-refractivity contribution is -0.142. The van der Waals surface area contributed by atoms with Crippen molar-refractivity contribution in [3.05, 3.63) is 71.8 Å². The molecule has 17 heteroatoms. The van der Waals surface area contributed by atoms with Gasteiger partial charge in [0, 0.05) is 19.1 Å². The van der Waals surface area contributed by atoms with Crippen molar-refractivity contribution < 1.29 is 42.3 Å². The summed E-state index contributed by atoms with van der Waals surface area (Å²) in [4.78, 5) is 76.9. The first-order valence-corrected chi connectivity index (χ1v) is 18.1. The summed E-state index contributed by atoms with van der Waals surface area (Å²) in [6, 6.07) is 12.0. The van der Waals surface area contributed by atoms with Crippen molar-refractivity contribution in [3.8, 4) is 0 Å². The van der Waals surface area contributed by atoms with Crippen LogP contribution in [0.4, 0.5) is 0 Å². The number of carbonyl (C=O) groups is 6. The Labute approximate surface area is 291 Å². The molecule has 50 heavy (non-hydrogen) atoms. The van der Waals surface area contributed by atoms with Crippen molar-refractivity contribution in [3.63, 3.8) is 0 Å². The zero-order valence-corrected chi connectivity index (χ0v) is 28.7. The highest BCUT2D eigenvalue weighted by atomic mass is 32.2. The number of sulfone groups is 1. The summed E-state index contributed by atoms with van der Waals surface area (Å²) in [6.45, 7) is -0.535. The normalized spacial score (nSPS) is 13.5. The Hall–Kier alpha value is -4.87. The van der Waals surface area contributed by atoms with Crippen LogP contribution in [0.1, 0.15) is 36.8 Å². The van der Waals surface area contributed by atoms with Crippen molar-refractivity contribution in [2.24, 2.45) is 11.5 Å². The largest absolute Gasteiger partial charge is 0.480 e. The first kappa shape index (κ1) is 41.3. The van der Waals surface area contributed by atoms with Crippen LogP contribution in [0.2, 0.25) is 0 Å². The lowest BCUT2D eigenvalue weighted by Crippen LogP contribution is -2.58. The summed E-state index contributed by atoms with van der Waals surface area (Å²) >= 11 is 0. The smallest absolute Gasteiger partial charge is 0.326 e. The van der Waals surface area contributed by atoms with Gasteiger partial charge in [0.1, 0.15) is 34.0 Å². The Kier molecular flexibility index (Phi) is 17.6. The molecule has 4 atom stereocenters. The van der Waals surface area contributed by atoms with Gasteiger partial charge in [0.05, 0.1) is 18.8 Å². The van der Waals surface area contributed by atoms with Gasteiger partial charge in [0.2, 0.25) is 29.5 Å². The average Bonchev–Trinajstić information content (AvgIpc) is 3.08. The van der Waals surface area contributed by atoms with Gasteiger partial charge in [0.15, 0.2) is 0 Å². The van der Waals surface area contributed by atoms with E-state index in [0.29, 0.717) is 30.5 Å². The number of nitrogens with two attached hydrogens (primary N) is 2. The summed E-state index contributed by atoms with van der Waals surface area (Å²) in [5.74, 6) is -5.64. The maximum absolute atomic E-state index is 13.7. The average molecular weight is 718 g/mol. The van der Waals surface area contributed by atoms with E-state index in [4.69, 9.17) is 11.5 Å². The molecule has 0 fully saturated rings. The van der Waals surface area contributed by atoms with Crippen LogP contribution in [0.3, 0.4) is 0 Å². The standard InChI is InChI=1S/C33H47N7O9S/c1-50(48,49)17-15-25(39-32(45)26(18-22-10-4-2-5-11-22)37-29(42)21-36-28(41)20-35)31(44)38-24(14-8-9-16-34)30(43)40-27(33(46)47)19-23-12-6-3-7-13-23/h2-7,10-13,24-27H,8-9,14-21,34-35H2,1H3,(H,36,41)(H,37,42)(H,38,44)(H,39,45)(H,40,43)(H,46,47)/t24-,25+,26+,27+/m1/s1. The van der Waals surface area contributed by atoms with E-state index in [0.717, 1.165) is 6.26 Å². The Morgan fingerprint density at radius 3 is 1.62 bits per heavy atom. The SMILES string of the molecule is CS(=O)(=O)CC[C@H](NC(=O)[C@H](Cc1ccccc1)NC(=O)CNC(=O)CN)C(=O)N[C@H](CCCCN)C(=O)N[C@@H](Cc1ccccc1)C(=O)O. The minimum atomic E-state index is -3.62. The molecular weight excluding hydrogens is 670 g/mol. The highest BCUT2D eigenvalue weighted by molar-refractivity contribution is 7.90. The Morgan fingerprint density at radius 2 is 1.14 bits per heavy atom. The fourth-order valence-corrected chi connectivity index (χ4v) is 5.45. The third kappa shape index (κ3) is 16.0. The van der Waals surface area contributed by atoms with Crippen molar-refractivity contribution in [1.82, 2.24) is 26.6 Å². The molecule has 0 spiro atoms. The molecule has 0 saturated carbocycles. The van der Waals surface area contributed by atoms with Gasteiger partial charge >= 0.3 is 5.97 Å². The van der Waals surface area contributed by atoms with Crippen LogP contribution in [0.5, 0.6) is 0 Å². The lowest BCUT2D eigenvalue weighted by Gasteiger charge is -2.26. The summed E-state index contributed by atoms with van der Waals surface area (Å²) in [5.41, 5.74) is 12.2. The van der Waals surface area contributed by atoms with E-state index in [1.165, 1.54) is 0 Å². The molecule has 5 amide bonds.